The summed E-state index contributed by atoms with van der Waals surface area (Å²) in [6.45, 7) is 13.8. The molecule has 2 bridgehead atoms. The van der Waals surface area contributed by atoms with Gasteiger partial charge in [-0.2, -0.15) is 0 Å². The number of hydrogen-bond acceptors (Lipinski definition) is 3. The van der Waals surface area contributed by atoms with Crippen LogP contribution >= 0.6 is 0 Å². The van der Waals surface area contributed by atoms with Gasteiger partial charge < -0.3 is 9.84 Å². The van der Waals surface area contributed by atoms with Crippen LogP contribution in [0.25, 0.3) is 0 Å². The summed E-state index contributed by atoms with van der Waals surface area (Å²) in [7, 11) is 0. The number of aliphatic hydroxyl groups is 1. The number of rotatable bonds is 14. The summed E-state index contributed by atoms with van der Waals surface area (Å²) in [4.78, 5) is 14.0. The molecule has 3 aliphatic carbocycles. The van der Waals surface area contributed by atoms with Gasteiger partial charge in [0.1, 0.15) is 5.60 Å². The SMILES string of the molecule is CCCCCCC(C)(C)CC(C(=O)OC12CCC(O)(C1)C1CCCC12)C(C)(C)CCCCC. The Bertz CT molecular complexity index is 653. The summed E-state index contributed by atoms with van der Waals surface area (Å²) in [5, 5.41) is 11.3. The maximum absolute atomic E-state index is 14.0. The Hall–Kier alpha value is -0.570. The lowest BCUT2D eigenvalue weighted by Crippen LogP contribution is -2.44. The molecular formula is C30H54O3. The monoisotopic (exact) mass is 462 g/mol. The van der Waals surface area contributed by atoms with Crippen molar-refractivity contribution in [2.75, 3.05) is 0 Å². The minimum absolute atomic E-state index is 0.0370. The molecule has 3 saturated carbocycles. The summed E-state index contributed by atoms with van der Waals surface area (Å²) in [5.74, 6) is 0.699. The first-order chi connectivity index (χ1) is 15.5. The van der Waals surface area contributed by atoms with Crippen molar-refractivity contribution in [1.29, 1.82) is 0 Å². The van der Waals surface area contributed by atoms with Gasteiger partial charge in [-0.25, -0.2) is 0 Å². The lowest BCUT2D eigenvalue weighted by atomic mass is 9.67. The standard InChI is InChI=1S/C30H54O3/c1-7-9-11-13-17-27(3,4)21-25(28(5,6)18-12-10-8-2)26(31)33-30-20-19-29(32,22-30)23-15-14-16-24(23)30/h23-25,32H,7-22H2,1-6H3. The van der Waals surface area contributed by atoms with E-state index in [2.05, 4.69) is 41.5 Å². The maximum Gasteiger partial charge on any atom is 0.310 e. The first-order valence-electron chi connectivity index (χ1n) is 14.4. The van der Waals surface area contributed by atoms with Gasteiger partial charge in [0.25, 0.3) is 0 Å². The molecule has 0 spiro atoms. The molecule has 3 heteroatoms. The Balaban J connectivity index is 1.74. The second-order valence-electron chi connectivity index (χ2n) is 13.6. The number of carbonyl (C=O) groups is 1. The van der Waals surface area contributed by atoms with Gasteiger partial charge in [-0.1, -0.05) is 92.9 Å². The molecule has 33 heavy (non-hydrogen) atoms. The van der Waals surface area contributed by atoms with E-state index in [9.17, 15) is 9.90 Å². The predicted octanol–water partition coefficient (Wildman–Crippen LogP) is 8.22. The summed E-state index contributed by atoms with van der Waals surface area (Å²) in [6.07, 6.45) is 17.6. The van der Waals surface area contributed by atoms with Crippen LogP contribution in [0.1, 0.15) is 144 Å². The number of unbranched alkanes of at least 4 members (excludes halogenated alkanes) is 5. The lowest BCUT2D eigenvalue weighted by molar-refractivity contribution is -0.176. The number of carbonyl (C=O) groups excluding carboxylic acids is 1. The first kappa shape index (κ1) is 27.0. The Morgan fingerprint density at radius 2 is 1.58 bits per heavy atom. The van der Waals surface area contributed by atoms with Gasteiger partial charge in [-0.05, 0) is 61.7 Å². The zero-order valence-electron chi connectivity index (χ0n) is 22.8. The fourth-order valence-corrected chi connectivity index (χ4v) is 7.79. The third-order valence-electron chi connectivity index (χ3n) is 9.89. The van der Waals surface area contributed by atoms with Crippen LogP contribution in [-0.4, -0.2) is 22.3 Å². The van der Waals surface area contributed by atoms with Gasteiger partial charge in [0.15, 0.2) is 0 Å². The molecule has 0 heterocycles. The van der Waals surface area contributed by atoms with Crippen molar-refractivity contribution in [2.45, 2.75) is 155 Å². The molecule has 5 atom stereocenters. The molecule has 0 saturated heterocycles. The summed E-state index contributed by atoms with van der Waals surface area (Å²) < 4.78 is 6.61. The Morgan fingerprint density at radius 3 is 2.27 bits per heavy atom. The smallest absolute Gasteiger partial charge is 0.310 e. The van der Waals surface area contributed by atoms with Gasteiger partial charge in [0, 0.05) is 12.3 Å². The van der Waals surface area contributed by atoms with Crippen molar-refractivity contribution in [3.05, 3.63) is 0 Å². The Morgan fingerprint density at radius 1 is 0.939 bits per heavy atom. The van der Waals surface area contributed by atoms with E-state index in [1.54, 1.807) is 0 Å². The van der Waals surface area contributed by atoms with Crippen LogP contribution in [-0.2, 0) is 9.53 Å². The third kappa shape index (κ3) is 5.99. The molecular weight excluding hydrogens is 408 g/mol. The van der Waals surface area contributed by atoms with Crippen molar-refractivity contribution in [1.82, 2.24) is 0 Å². The quantitative estimate of drug-likeness (QED) is 0.209. The fraction of sp³-hybridized carbons (Fsp3) is 0.967. The molecule has 3 aliphatic rings. The van der Waals surface area contributed by atoms with Crippen molar-refractivity contribution < 1.29 is 14.6 Å². The highest BCUT2D eigenvalue weighted by atomic mass is 16.6. The largest absolute Gasteiger partial charge is 0.458 e. The van der Waals surface area contributed by atoms with E-state index in [1.165, 1.54) is 57.8 Å². The molecule has 0 radical (unpaired) electrons. The minimum atomic E-state index is -0.577. The highest BCUT2D eigenvalue weighted by Gasteiger charge is 2.68. The van der Waals surface area contributed by atoms with E-state index in [0.29, 0.717) is 18.3 Å². The van der Waals surface area contributed by atoms with Gasteiger partial charge in [0.2, 0.25) is 0 Å². The van der Waals surface area contributed by atoms with E-state index in [0.717, 1.165) is 38.5 Å². The average molecular weight is 463 g/mol. The zero-order chi connectivity index (χ0) is 24.3. The molecule has 192 valence electrons. The van der Waals surface area contributed by atoms with Crippen LogP contribution in [0, 0.1) is 28.6 Å². The van der Waals surface area contributed by atoms with E-state index >= 15 is 0 Å². The third-order valence-corrected chi connectivity index (χ3v) is 9.89. The molecule has 0 aromatic rings. The minimum Gasteiger partial charge on any atom is -0.458 e. The highest BCUT2D eigenvalue weighted by molar-refractivity contribution is 5.74. The number of fused-ring (bicyclic) bond motifs is 5. The summed E-state index contributed by atoms with van der Waals surface area (Å²) in [5.41, 5.74) is -0.895. The molecule has 1 N–H and O–H groups in total. The van der Waals surface area contributed by atoms with Crippen LogP contribution < -0.4 is 0 Å². The molecule has 3 rings (SSSR count). The van der Waals surface area contributed by atoms with E-state index < -0.39 is 11.2 Å². The average Bonchev–Trinajstić information content (AvgIpc) is 3.41. The second kappa shape index (κ2) is 10.6. The van der Waals surface area contributed by atoms with Gasteiger partial charge >= 0.3 is 5.97 Å². The molecule has 0 aromatic carbocycles. The van der Waals surface area contributed by atoms with Crippen molar-refractivity contribution >= 4 is 5.97 Å². The van der Waals surface area contributed by atoms with Gasteiger partial charge in [-0.3, -0.25) is 4.79 Å². The maximum atomic E-state index is 14.0. The summed E-state index contributed by atoms with van der Waals surface area (Å²) in [6, 6.07) is 0. The highest BCUT2D eigenvalue weighted by Crippen LogP contribution is 2.64. The number of hydrogen-bond donors (Lipinski definition) is 1. The number of ether oxygens (including phenoxy) is 1. The second-order valence-corrected chi connectivity index (χ2v) is 13.6. The van der Waals surface area contributed by atoms with E-state index in [1.807, 2.05) is 0 Å². The van der Waals surface area contributed by atoms with Gasteiger partial charge in [-0.15, -0.1) is 0 Å². The topological polar surface area (TPSA) is 46.5 Å². The van der Waals surface area contributed by atoms with Crippen LogP contribution in [0.5, 0.6) is 0 Å². The van der Waals surface area contributed by atoms with Crippen LogP contribution in [0.4, 0.5) is 0 Å². The van der Waals surface area contributed by atoms with Crippen molar-refractivity contribution in [3.63, 3.8) is 0 Å². The molecule has 0 aliphatic heterocycles. The zero-order valence-corrected chi connectivity index (χ0v) is 22.8. The molecule has 0 amide bonds. The van der Waals surface area contributed by atoms with E-state index in [-0.39, 0.29) is 22.7 Å². The Labute approximate surface area is 204 Å². The Kier molecular flexibility index (Phi) is 8.67. The molecule has 0 aromatic heterocycles. The van der Waals surface area contributed by atoms with Crippen molar-refractivity contribution in [3.8, 4) is 0 Å². The molecule has 3 nitrogen and oxygen atoms in total. The molecule has 3 fully saturated rings. The number of esters is 1. The van der Waals surface area contributed by atoms with Crippen LogP contribution in [0.15, 0.2) is 0 Å². The van der Waals surface area contributed by atoms with Crippen molar-refractivity contribution in [2.24, 2.45) is 28.6 Å². The van der Waals surface area contributed by atoms with Crippen LogP contribution in [0.2, 0.25) is 0 Å². The normalized spacial score (nSPS) is 32.2. The lowest BCUT2D eigenvalue weighted by Gasteiger charge is -2.42. The molecule has 5 unspecified atom stereocenters. The summed E-state index contributed by atoms with van der Waals surface area (Å²) >= 11 is 0. The van der Waals surface area contributed by atoms with E-state index in [4.69, 9.17) is 4.74 Å². The van der Waals surface area contributed by atoms with Crippen LogP contribution in [0.3, 0.4) is 0 Å². The van der Waals surface area contributed by atoms with Gasteiger partial charge in [0.05, 0.1) is 11.5 Å². The first-order valence-corrected chi connectivity index (χ1v) is 14.4. The fourth-order valence-electron chi connectivity index (χ4n) is 7.79. The predicted molar refractivity (Wildman–Crippen MR) is 137 cm³/mol.